The van der Waals surface area contributed by atoms with Crippen LogP contribution in [0.5, 0.6) is 0 Å². The van der Waals surface area contributed by atoms with Crippen LogP contribution in [0, 0.1) is 12.7 Å². The average Bonchev–Trinajstić information content (AvgIpc) is 2.79. The van der Waals surface area contributed by atoms with Crippen molar-refractivity contribution in [3.8, 4) is 0 Å². The maximum atomic E-state index is 13.9. The second kappa shape index (κ2) is 8.78. The third-order valence-electron chi connectivity index (χ3n) is 5.98. The van der Waals surface area contributed by atoms with Gasteiger partial charge in [0.2, 0.25) is 0 Å². The number of halogens is 1. The Morgan fingerprint density at radius 1 is 1.09 bits per heavy atom. The summed E-state index contributed by atoms with van der Waals surface area (Å²) < 4.78 is 15.4. The highest BCUT2D eigenvalue weighted by atomic mass is 19.1. The SMILES string of the molecule is Cc1c(F)cccc1C(=O)N1CCc2c(cn(CCc3ccccc3)c(=O)c2C(N)=O)C1. The van der Waals surface area contributed by atoms with Crippen molar-refractivity contribution in [3.63, 3.8) is 0 Å². The van der Waals surface area contributed by atoms with Crippen molar-refractivity contribution in [2.45, 2.75) is 32.9 Å². The van der Waals surface area contributed by atoms with E-state index in [2.05, 4.69) is 0 Å². The van der Waals surface area contributed by atoms with Crippen LogP contribution in [-0.2, 0) is 25.9 Å². The molecule has 0 radical (unpaired) electrons. The van der Waals surface area contributed by atoms with Crippen molar-refractivity contribution < 1.29 is 14.0 Å². The molecule has 0 spiro atoms. The Hall–Kier alpha value is -3.74. The number of hydrogen-bond acceptors (Lipinski definition) is 3. The molecule has 7 heteroatoms. The predicted molar refractivity (Wildman–Crippen MR) is 119 cm³/mol. The molecule has 2 aromatic carbocycles. The zero-order chi connectivity index (χ0) is 22.8. The van der Waals surface area contributed by atoms with Gasteiger partial charge in [0.25, 0.3) is 17.4 Å². The van der Waals surface area contributed by atoms with Gasteiger partial charge in [-0.05, 0) is 54.2 Å². The van der Waals surface area contributed by atoms with E-state index in [9.17, 15) is 18.8 Å². The number of carbonyl (C=O) groups is 2. The number of carbonyl (C=O) groups excluding carboxylic acids is 2. The van der Waals surface area contributed by atoms with E-state index >= 15 is 0 Å². The van der Waals surface area contributed by atoms with Crippen LogP contribution in [0.2, 0.25) is 0 Å². The van der Waals surface area contributed by atoms with E-state index < -0.39 is 17.3 Å². The van der Waals surface area contributed by atoms with Gasteiger partial charge in [-0.15, -0.1) is 0 Å². The standard InChI is InChI=1S/C25H24FN3O3/c1-16-19(8-5-9-21(16)26)24(31)28-13-11-20-18(14-28)15-29(25(32)22(20)23(27)30)12-10-17-6-3-2-4-7-17/h2-9,15H,10-14H2,1H3,(H2,27,30). The van der Waals surface area contributed by atoms with E-state index in [-0.39, 0.29) is 18.0 Å². The molecule has 0 bridgehead atoms. The lowest BCUT2D eigenvalue weighted by atomic mass is 9.95. The van der Waals surface area contributed by atoms with Gasteiger partial charge in [0.1, 0.15) is 11.4 Å². The summed E-state index contributed by atoms with van der Waals surface area (Å²) >= 11 is 0. The second-order valence-corrected chi connectivity index (χ2v) is 8.00. The first-order chi connectivity index (χ1) is 15.4. The van der Waals surface area contributed by atoms with Gasteiger partial charge in [0, 0.05) is 31.4 Å². The fraction of sp³-hybridized carbons (Fsp3) is 0.240. The molecule has 0 saturated carbocycles. The third kappa shape index (κ3) is 4.06. The molecule has 4 rings (SSSR count). The minimum absolute atomic E-state index is 0.00963. The summed E-state index contributed by atoms with van der Waals surface area (Å²) in [5, 5.41) is 0. The molecule has 0 unspecified atom stereocenters. The highest BCUT2D eigenvalue weighted by Gasteiger charge is 2.28. The lowest BCUT2D eigenvalue weighted by Gasteiger charge is -2.30. The monoisotopic (exact) mass is 433 g/mol. The zero-order valence-corrected chi connectivity index (χ0v) is 17.8. The van der Waals surface area contributed by atoms with Gasteiger partial charge in [-0.25, -0.2) is 4.39 Å². The summed E-state index contributed by atoms with van der Waals surface area (Å²) in [7, 11) is 0. The molecule has 32 heavy (non-hydrogen) atoms. The number of aryl methyl sites for hydroxylation is 2. The van der Waals surface area contributed by atoms with Gasteiger partial charge >= 0.3 is 0 Å². The van der Waals surface area contributed by atoms with Crippen LogP contribution in [0.1, 0.15) is 43.0 Å². The van der Waals surface area contributed by atoms with E-state index in [1.807, 2.05) is 30.3 Å². The van der Waals surface area contributed by atoms with E-state index in [0.29, 0.717) is 48.2 Å². The lowest BCUT2D eigenvalue weighted by Crippen LogP contribution is -2.40. The Morgan fingerprint density at radius 2 is 1.84 bits per heavy atom. The van der Waals surface area contributed by atoms with Gasteiger partial charge in [0.05, 0.1) is 0 Å². The number of hydrogen-bond donors (Lipinski definition) is 1. The number of fused-ring (bicyclic) bond motifs is 1. The van der Waals surface area contributed by atoms with E-state index in [1.54, 1.807) is 24.1 Å². The number of rotatable bonds is 5. The maximum absolute atomic E-state index is 13.9. The number of amides is 2. The van der Waals surface area contributed by atoms with Crippen LogP contribution in [0.4, 0.5) is 4.39 Å². The molecule has 6 nitrogen and oxygen atoms in total. The molecular weight excluding hydrogens is 409 g/mol. The molecule has 0 saturated heterocycles. The van der Waals surface area contributed by atoms with E-state index in [4.69, 9.17) is 5.73 Å². The van der Waals surface area contributed by atoms with Gasteiger partial charge in [-0.1, -0.05) is 36.4 Å². The third-order valence-corrected chi connectivity index (χ3v) is 5.98. The molecular formula is C25H24FN3O3. The minimum atomic E-state index is -0.763. The maximum Gasteiger partial charge on any atom is 0.263 e. The van der Waals surface area contributed by atoms with Crippen molar-refractivity contribution in [1.82, 2.24) is 9.47 Å². The van der Waals surface area contributed by atoms with Gasteiger partial charge in [0.15, 0.2) is 0 Å². The van der Waals surface area contributed by atoms with Crippen LogP contribution < -0.4 is 11.3 Å². The lowest BCUT2D eigenvalue weighted by molar-refractivity contribution is 0.0732. The predicted octanol–water partition coefficient (Wildman–Crippen LogP) is 2.84. The van der Waals surface area contributed by atoms with Crippen molar-refractivity contribution in [3.05, 3.63) is 104 Å². The molecule has 164 valence electrons. The fourth-order valence-electron chi connectivity index (χ4n) is 4.21. The Bertz CT molecular complexity index is 1250. The molecule has 2 heterocycles. The normalized spacial score (nSPS) is 13.0. The first-order valence-corrected chi connectivity index (χ1v) is 10.5. The highest BCUT2D eigenvalue weighted by molar-refractivity contribution is 5.96. The highest BCUT2D eigenvalue weighted by Crippen LogP contribution is 2.24. The fourth-order valence-corrected chi connectivity index (χ4v) is 4.21. The molecule has 0 atom stereocenters. The van der Waals surface area contributed by atoms with Gasteiger partial charge in [-0.3, -0.25) is 14.4 Å². The summed E-state index contributed by atoms with van der Waals surface area (Å²) in [6.45, 7) is 2.49. The van der Waals surface area contributed by atoms with Gasteiger partial charge in [-0.2, -0.15) is 0 Å². The summed E-state index contributed by atoms with van der Waals surface area (Å²) in [4.78, 5) is 39.8. The van der Waals surface area contributed by atoms with Crippen LogP contribution >= 0.6 is 0 Å². The quantitative estimate of drug-likeness (QED) is 0.671. The minimum Gasteiger partial charge on any atom is -0.365 e. The molecule has 0 aliphatic carbocycles. The first kappa shape index (κ1) is 21.5. The number of nitrogens with two attached hydrogens (primary N) is 1. The molecule has 0 fully saturated rings. The smallest absolute Gasteiger partial charge is 0.263 e. The summed E-state index contributed by atoms with van der Waals surface area (Å²) in [5.41, 5.74) is 8.12. The van der Waals surface area contributed by atoms with E-state index in [1.165, 1.54) is 16.7 Å². The van der Waals surface area contributed by atoms with Crippen LogP contribution in [0.15, 0.2) is 59.5 Å². The Labute approximate surface area is 185 Å². The molecule has 1 aromatic heterocycles. The number of primary amides is 1. The molecule has 3 aromatic rings. The second-order valence-electron chi connectivity index (χ2n) is 8.00. The first-order valence-electron chi connectivity index (χ1n) is 10.5. The van der Waals surface area contributed by atoms with Crippen molar-refractivity contribution in [1.29, 1.82) is 0 Å². The average molecular weight is 433 g/mol. The van der Waals surface area contributed by atoms with Gasteiger partial charge < -0.3 is 15.2 Å². The van der Waals surface area contributed by atoms with Crippen LogP contribution in [0.25, 0.3) is 0 Å². The number of nitrogens with zero attached hydrogens (tertiary/aromatic N) is 2. The van der Waals surface area contributed by atoms with Crippen LogP contribution in [-0.4, -0.2) is 27.8 Å². The molecule has 1 aliphatic rings. The van der Waals surface area contributed by atoms with Crippen molar-refractivity contribution >= 4 is 11.8 Å². The number of aromatic nitrogens is 1. The molecule has 1 aliphatic heterocycles. The topological polar surface area (TPSA) is 85.4 Å². The van der Waals surface area contributed by atoms with Crippen molar-refractivity contribution in [2.75, 3.05) is 6.54 Å². The summed E-state index contributed by atoms with van der Waals surface area (Å²) in [5.74, 6) is -1.48. The Balaban J connectivity index is 1.66. The molecule has 2 N–H and O–H groups in total. The summed E-state index contributed by atoms with van der Waals surface area (Å²) in [6.07, 6.45) is 2.66. The van der Waals surface area contributed by atoms with E-state index in [0.717, 1.165) is 5.56 Å². The Morgan fingerprint density at radius 3 is 2.56 bits per heavy atom. The van der Waals surface area contributed by atoms with Crippen molar-refractivity contribution in [2.24, 2.45) is 5.73 Å². The van der Waals surface area contributed by atoms with Crippen LogP contribution in [0.3, 0.4) is 0 Å². The number of benzene rings is 2. The molecule has 2 amide bonds. The zero-order valence-electron chi connectivity index (χ0n) is 17.8. The number of pyridine rings is 1. The Kier molecular flexibility index (Phi) is 5.90. The summed E-state index contributed by atoms with van der Waals surface area (Å²) in [6, 6.07) is 14.2. The largest absolute Gasteiger partial charge is 0.365 e.